The topological polar surface area (TPSA) is 84.8 Å². The summed E-state index contributed by atoms with van der Waals surface area (Å²) in [6.07, 6.45) is 1.69. The number of aryl methyl sites for hydroxylation is 1. The molecule has 0 bridgehead atoms. The molecule has 0 N–H and O–H groups in total. The van der Waals surface area contributed by atoms with Crippen molar-refractivity contribution in [3.63, 3.8) is 0 Å². The number of nitrogens with zero attached hydrogens (tertiary/aromatic N) is 4. The highest BCUT2D eigenvalue weighted by Crippen LogP contribution is 2.23. The molecule has 3 aromatic rings. The molecule has 2 aromatic carbocycles. The first-order valence-corrected chi connectivity index (χ1v) is 7.46. The van der Waals surface area contributed by atoms with E-state index in [9.17, 15) is 15.4 Å². The molecule has 0 aliphatic heterocycles. The first-order valence-electron chi connectivity index (χ1n) is 7.46. The normalized spacial score (nSPS) is 11.4. The fraction of sp³-hybridized carbons (Fsp3) is 0.111. The molecule has 1 heterocycles. The van der Waals surface area contributed by atoms with Gasteiger partial charge in [-0.1, -0.05) is 12.1 Å². The lowest BCUT2D eigenvalue weighted by atomic mass is 10.1. The van der Waals surface area contributed by atoms with E-state index in [0.717, 1.165) is 11.0 Å². The highest BCUT2D eigenvalue weighted by molar-refractivity contribution is 5.90. The summed E-state index contributed by atoms with van der Waals surface area (Å²) < 4.78 is 1.98. The molecule has 6 nitrogen and oxygen atoms in total. The number of nitriles is 1. The zero-order valence-corrected chi connectivity index (χ0v) is 13.0. The van der Waals surface area contributed by atoms with Gasteiger partial charge in [-0.05, 0) is 42.8 Å². The fourth-order valence-electron chi connectivity index (χ4n) is 2.61. The molecular formula is C18H14N4O2. The molecule has 3 rings (SSSR count). The van der Waals surface area contributed by atoms with Crippen molar-refractivity contribution < 1.29 is 4.92 Å². The maximum Gasteiger partial charge on any atom is 0.269 e. The van der Waals surface area contributed by atoms with Gasteiger partial charge in [0.1, 0.15) is 6.07 Å². The van der Waals surface area contributed by atoms with Crippen LogP contribution in [-0.2, 0) is 6.54 Å². The number of para-hydroxylation sites is 2. The van der Waals surface area contributed by atoms with Crippen LogP contribution in [0, 0.1) is 21.4 Å². The molecule has 0 atom stereocenters. The van der Waals surface area contributed by atoms with Gasteiger partial charge in [-0.25, -0.2) is 4.98 Å². The lowest BCUT2D eigenvalue weighted by Gasteiger charge is -2.05. The van der Waals surface area contributed by atoms with Gasteiger partial charge in [-0.3, -0.25) is 10.1 Å². The van der Waals surface area contributed by atoms with Gasteiger partial charge in [0, 0.05) is 18.7 Å². The Bertz CT molecular complexity index is 978. The number of rotatable bonds is 4. The lowest BCUT2D eigenvalue weighted by molar-refractivity contribution is -0.384. The van der Waals surface area contributed by atoms with Crippen molar-refractivity contribution in [3.8, 4) is 6.07 Å². The highest BCUT2D eigenvalue weighted by atomic mass is 16.6. The fourth-order valence-corrected chi connectivity index (χ4v) is 2.61. The molecule has 118 valence electrons. The van der Waals surface area contributed by atoms with Crippen LogP contribution in [-0.4, -0.2) is 14.5 Å². The third kappa shape index (κ3) is 2.75. The summed E-state index contributed by atoms with van der Waals surface area (Å²) >= 11 is 0. The van der Waals surface area contributed by atoms with Crippen molar-refractivity contribution in [2.24, 2.45) is 0 Å². The molecule has 0 unspecified atom stereocenters. The Kier molecular flexibility index (Phi) is 4.08. The molecule has 0 amide bonds. The second-order valence-electron chi connectivity index (χ2n) is 5.19. The van der Waals surface area contributed by atoms with E-state index >= 15 is 0 Å². The number of benzene rings is 2. The average molecular weight is 318 g/mol. The van der Waals surface area contributed by atoms with Crippen LogP contribution in [0.25, 0.3) is 22.7 Å². The molecule has 24 heavy (non-hydrogen) atoms. The van der Waals surface area contributed by atoms with Gasteiger partial charge in [-0.15, -0.1) is 0 Å². The number of nitro benzene ring substituents is 1. The van der Waals surface area contributed by atoms with Crippen molar-refractivity contribution in [1.82, 2.24) is 9.55 Å². The number of aromatic nitrogens is 2. The SMILES string of the molecule is CCn1c(/C(C#N)=C/c2ccc([N+](=O)[O-])cc2)nc2ccccc21. The van der Waals surface area contributed by atoms with Gasteiger partial charge in [-0.2, -0.15) is 5.26 Å². The minimum absolute atomic E-state index is 0.0199. The standard InChI is InChI=1S/C18H14N4O2/c1-2-21-17-6-4-3-5-16(17)20-18(21)14(12-19)11-13-7-9-15(10-8-13)22(23)24/h3-11H,2H2,1H3/b14-11+. The lowest BCUT2D eigenvalue weighted by Crippen LogP contribution is -2.00. The number of allylic oxidation sites excluding steroid dienone is 1. The Labute approximate surface area is 138 Å². The number of hydrogen-bond donors (Lipinski definition) is 0. The number of non-ortho nitro benzene ring substituents is 1. The number of fused-ring (bicyclic) bond motifs is 1. The molecule has 0 saturated carbocycles. The molecule has 0 aliphatic rings. The summed E-state index contributed by atoms with van der Waals surface area (Å²) in [7, 11) is 0. The molecule has 1 aromatic heterocycles. The maximum absolute atomic E-state index is 10.7. The van der Waals surface area contributed by atoms with Gasteiger partial charge in [0.15, 0.2) is 5.82 Å². The maximum atomic E-state index is 10.7. The Hall–Kier alpha value is -3.46. The third-order valence-electron chi connectivity index (χ3n) is 3.75. The minimum Gasteiger partial charge on any atom is -0.324 e. The Morgan fingerprint density at radius 3 is 2.62 bits per heavy atom. The largest absolute Gasteiger partial charge is 0.324 e. The monoisotopic (exact) mass is 318 g/mol. The van der Waals surface area contributed by atoms with Crippen molar-refractivity contribution in [2.75, 3.05) is 0 Å². The quantitative estimate of drug-likeness (QED) is 0.413. The second-order valence-corrected chi connectivity index (χ2v) is 5.19. The predicted octanol–water partition coefficient (Wildman–Crippen LogP) is 4.03. The van der Waals surface area contributed by atoms with E-state index in [0.29, 0.717) is 23.5 Å². The van der Waals surface area contributed by atoms with Gasteiger partial charge < -0.3 is 4.57 Å². The van der Waals surface area contributed by atoms with Crippen LogP contribution in [0.3, 0.4) is 0 Å². The van der Waals surface area contributed by atoms with E-state index in [-0.39, 0.29) is 5.69 Å². The number of imidazole rings is 1. The van der Waals surface area contributed by atoms with E-state index in [2.05, 4.69) is 11.1 Å². The molecule has 0 radical (unpaired) electrons. The van der Waals surface area contributed by atoms with Crippen LogP contribution in [0.4, 0.5) is 5.69 Å². The molecule has 0 spiro atoms. The van der Waals surface area contributed by atoms with Crippen molar-refractivity contribution >= 4 is 28.4 Å². The predicted molar refractivity (Wildman–Crippen MR) is 92.0 cm³/mol. The van der Waals surface area contributed by atoms with Crippen LogP contribution in [0.2, 0.25) is 0 Å². The summed E-state index contributed by atoms with van der Waals surface area (Å²) in [5.74, 6) is 0.597. The third-order valence-corrected chi connectivity index (χ3v) is 3.75. The summed E-state index contributed by atoms with van der Waals surface area (Å²) in [5.41, 5.74) is 2.96. The number of hydrogen-bond acceptors (Lipinski definition) is 4. The van der Waals surface area contributed by atoms with E-state index in [1.54, 1.807) is 18.2 Å². The van der Waals surface area contributed by atoms with Crippen molar-refractivity contribution in [3.05, 3.63) is 70.0 Å². The van der Waals surface area contributed by atoms with Crippen molar-refractivity contribution in [2.45, 2.75) is 13.5 Å². The van der Waals surface area contributed by atoms with E-state index < -0.39 is 4.92 Å². The molecule has 0 fully saturated rings. The van der Waals surface area contributed by atoms with Gasteiger partial charge >= 0.3 is 0 Å². The van der Waals surface area contributed by atoms with Gasteiger partial charge in [0.2, 0.25) is 0 Å². The zero-order chi connectivity index (χ0) is 17.1. The number of nitro groups is 1. The Balaban J connectivity index is 2.09. The van der Waals surface area contributed by atoms with E-state index in [4.69, 9.17) is 0 Å². The highest BCUT2D eigenvalue weighted by Gasteiger charge is 2.13. The zero-order valence-electron chi connectivity index (χ0n) is 13.0. The molecular weight excluding hydrogens is 304 g/mol. The summed E-state index contributed by atoms with van der Waals surface area (Å²) in [6.45, 7) is 2.69. The minimum atomic E-state index is -0.449. The van der Waals surface area contributed by atoms with E-state index in [1.807, 2.05) is 35.8 Å². The summed E-state index contributed by atoms with van der Waals surface area (Å²) in [6, 6.07) is 16.0. The van der Waals surface area contributed by atoms with Crippen LogP contribution < -0.4 is 0 Å². The average Bonchev–Trinajstić information content (AvgIpc) is 2.98. The summed E-state index contributed by atoms with van der Waals surface area (Å²) in [5, 5.41) is 20.3. The van der Waals surface area contributed by atoms with Crippen LogP contribution >= 0.6 is 0 Å². The van der Waals surface area contributed by atoms with Crippen LogP contribution in [0.15, 0.2) is 48.5 Å². The molecule has 6 heteroatoms. The van der Waals surface area contributed by atoms with Crippen LogP contribution in [0.5, 0.6) is 0 Å². The van der Waals surface area contributed by atoms with Crippen molar-refractivity contribution in [1.29, 1.82) is 5.26 Å². The van der Waals surface area contributed by atoms with Gasteiger partial charge in [0.05, 0.1) is 21.5 Å². The molecule has 0 aliphatic carbocycles. The Morgan fingerprint density at radius 2 is 2.00 bits per heavy atom. The molecule has 0 saturated heterocycles. The first-order chi connectivity index (χ1) is 11.6. The Morgan fingerprint density at radius 1 is 1.29 bits per heavy atom. The van der Waals surface area contributed by atoms with Crippen LogP contribution in [0.1, 0.15) is 18.3 Å². The first kappa shape index (κ1) is 15.4. The smallest absolute Gasteiger partial charge is 0.269 e. The van der Waals surface area contributed by atoms with E-state index in [1.165, 1.54) is 12.1 Å². The second kappa shape index (κ2) is 6.34. The summed E-state index contributed by atoms with van der Waals surface area (Å²) in [4.78, 5) is 14.8. The van der Waals surface area contributed by atoms with Gasteiger partial charge in [0.25, 0.3) is 5.69 Å².